The van der Waals surface area contributed by atoms with Gasteiger partial charge in [-0.3, -0.25) is 19.2 Å². The molecule has 0 spiro atoms. The van der Waals surface area contributed by atoms with Crippen LogP contribution in [0.3, 0.4) is 0 Å². The first kappa shape index (κ1) is 40.5. The summed E-state index contributed by atoms with van der Waals surface area (Å²) in [6, 6.07) is 4.61. The Morgan fingerprint density at radius 2 is 1.73 bits per heavy atom. The van der Waals surface area contributed by atoms with Crippen LogP contribution in [0.15, 0.2) is 42.0 Å². The molecule has 0 saturated heterocycles. The fourth-order valence-corrected chi connectivity index (χ4v) is 9.74. The number of benzene rings is 1. The van der Waals surface area contributed by atoms with Crippen molar-refractivity contribution in [3.8, 4) is 11.5 Å². The third-order valence-electron chi connectivity index (χ3n) is 11.9. The number of esters is 2. The number of alkyl halides is 1. The first-order valence-corrected chi connectivity index (χ1v) is 18.3. The molecular formula is C39H54ClNO10. The molecule has 51 heavy (non-hydrogen) atoms. The molecule has 0 aromatic heterocycles. The number of halogens is 1. The predicted molar refractivity (Wildman–Crippen MR) is 191 cm³/mol. The van der Waals surface area contributed by atoms with E-state index < -0.39 is 57.8 Å². The molecule has 1 unspecified atom stereocenters. The van der Waals surface area contributed by atoms with Crippen molar-refractivity contribution >= 4 is 35.1 Å². The first-order chi connectivity index (χ1) is 23.8. The Balaban J connectivity index is 0.000000326. The molecule has 5 N–H and O–H groups in total. The van der Waals surface area contributed by atoms with Gasteiger partial charge in [0.2, 0.25) is 5.78 Å². The van der Waals surface area contributed by atoms with E-state index in [4.69, 9.17) is 26.2 Å². The van der Waals surface area contributed by atoms with Crippen molar-refractivity contribution in [1.82, 2.24) is 5.32 Å². The standard InChI is InChI=1S/C28H37ClO7.C11H17NO3/c1-6-23(33)35-15-22(32)28(36-24(34)7-2)16(3)12-20-19-9-8-17-13-18(30)10-11-25(17,4)27(19,29)21(31)14-26(20,28)5;1-7(2)12-6-11(15)8-3-4-9(13)10(14)5-8/h10-11,13,16,19-21,31H,6-9,12,14-15H2,1-5H3;3-5,7,11-15H,6H2,1-2H3/t16-,19-,20-,21-,25-,26-,27-,28-;/m0./s1. The third kappa shape index (κ3) is 7.11. The molecule has 5 rings (SSSR count). The van der Waals surface area contributed by atoms with Crippen molar-refractivity contribution in [2.45, 2.75) is 116 Å². The van der Waals surface area contributed by atoms with Crippen molar-refractivity contribution in [3.63, 3.8) is 0 Å². The SMILES string of the molecule is CC(C)NCC(O)c1ccc(O)c(O)c1.CCC(=O)OCC(=O)[C@@]1(OC(=O)CC)[C@@H](C)C[C@H]2[C@@H]3CCC4=CC(=O)C=C[C@]4(C)[C@@]3(Cl)[C@@H](O)C[C@@]21C. The van der Waals surface area contributed by atoms with Gasteiger partial charge in [0, 0.05) is 42.2 Å². The van der Waals surface area contributed by atoms with Crippen LogP contribution in [0.4, 0.5) is 0 Å². The minimum Gasteiger partial charge on any atom is -0.504 e. The molecule has 0 bridgehead atoms. The minimum atomic E-state index is -1.55. The van der Waals surface area contributed by atoms with Crippen LogP contribution >= 0.6 is 11.6 Å². The highest BCUT2D eigenvalue weighted by atomic mass is 35.5. The molecule has 0 aliphatic heterocycles. The van der Waals surface area contributed by atoms with Crippen molar-refractivity contribution < 1.29 is 49.1 Å². The van der Waals surface area contributed by atoms with Crippen molar-refractivity contribution in [2.24, 2.45) is 28.6 Å². The molecule has 0 radical (unpaired) electrons. The molecule has 0 heterocycles. The average Bonchev–Trinajstić information content (AvgIpc) is 3.30. The normalized spacial score (nSPS) is 34.3. The van der Waals surface area contributed by atoms with Crippen LogP contribution in [0.1, 0.15) is 98.7 Å². The number of hydrogen-bond acceptors (Lipinski definition) is 11. The maximum absolute atomic E-state index is 13.9. The fourth-order valence-electron chi connectivity index (χ4n) is 9.22. The number of Topliss-reactive ketones (excluding diaryl/α,β-unsaturated/α-hetero) is 1. The molecule has 1 aromatic rings. The number of ether oxygens (including phenoxy) is 2. The Kier molecular flexibility index (Phi) is 12.2. The second kappa shape index (κ2) is 15.4. The van der Waals surface area contributed by atoms with Crippen LogP contribution in [-0.2, 0) is 28.7 Å². The number of hydrogen-bond donors (Lipinski definition) is 5. The molecule has 282 valence electrons. The van der Waals surface area contributed by atoms with Gasteiger partial charge in [-0.2, -0.15) is 0 Å². The third-order valence-corrected chi connectivity index (χ3v) is 12.8. The summed E-state index contributed by atoms with van der Waals surface area (Å²) in [7, 11) is 0. The molecule has 1 aromatic carbocycles. The Labute approximate surface area is 305 Å². The Bertz CT molecular complexity index is 1570. The van der Waals surface area contributed by atoms with Gasteiger partial charge in [-0.25, -0.2) is 0 Å². The van der Waals surface area contributed by atoms with E-state index in [1.165, 1.54) is 18.2 Å². The molecule has 3 saturated carbocycles. The Morgan fingerprint density at radius 1 is 1.06 bits per heavy atom. The van der Waals surface area contributed by atoms with Gasteiger partial charge < -0.3 is 35.2 Å². The van der Waals surface area contributed by atoms with Crippen LogP contribution < -0.4 is 5.32 Å². The Hall–Kier alpha value is -3.25. The van der Waals surface area contributed by atoms with Crippen LogP contribution in [0.2, 0.25) is 0 Å². The summed E-state index contributed by atoms with van der Waals surface area (Å²) >= 11 is 7.48. The van der Waals surface area contributed by atoms with E-state index in [0.717, 1.165) is 5.57 Å². The largest absolute Gasteiger partial charge is 0.504 e. The maximum atomic E-state index is 13.9. The van der Waals surface area contributed by atoms with Gasteiger partial charge in [-0.1, -0.05) is 66.2 Å². The average molecular weight is 732 g/mol. The molecule has 3 fully saturated rings. The highest BCUT2D eigenvalue weighted by molar-refractivity contribution is 6.26. The van der Waals surface area contributed by atoms with Gasteiger partial charge in [-0.15, -0.1) is 11.6 Å². The zero-order valence-electron chi connectivity index (χ0n) is 30.7. The van der Waals surface area contributed by atoms with E-state index in [9.17, 15) is 34.5 Å². The number of aromatic hydroxyl groups is 2. The van der Waals surface area contributed by atoms with Gasteiger partial charge in [0.25, 0.3) is 0 Å². The van der Waals surface area contributed by atoms with Gasteiger partial charge in [0.1, 0.15) is 0 Å². The number of allylic oxidation sites excluding steroid dienone is 4. The fraction of sp³-hybridized carbons (Fsp3) is 0.641. The molecule has 4 aliphatic carbocycles. The molecule has 4 aliphatic rings. The number of ketones is 2. The molecular weight excluding hydrogens is 678 g/mol. The number of carbonyl (C=O) groups is 4. The van der Waals surface area contributed by atoms with Gasteiger partial charge in [0.05, 0.1) is 17.1 Å². The van der Waals surface area contributed by atoms with Crippen LogP contribution in [0.25, 0.3) is 0 Å². The molecule has 9 atom stereocenters. The maximum Gasteiger partial charge on any atom is 0.306 e. The number of rotatable bonds is 10. The zero-order valence-corrected chi connectivity index (χ0v) is 31.5. The highest BCUT2D eigenvalue weighted by Crippen LogP contribution is 2.72. The van der Waals surface area contributed by atoms with Gasteiger partial charge >= 0.3 is 11.9 Å². The van der Waals surface area contributed by atoms with E-state index >= 15 is 0 Å². The summed E-state index contributed by atoms with van der Waals surface area (Å²) < 4.78 is 11.3. The monoisotopic (exact) mass is 731 g/mol. The summed E-state index contributed by atoms with van der Waals surface area (Å²) in [5, 5.41) is 42.9. The molecule has 0 amide bonds. The quantitative estimate of drug-likeness (QED) is 0.121. The minimum absolute atomic E-state index is 0.0801. The van der Waals surface area contributed by atoms with Crippen LogP contribution in [0, 0.1) is 28.6 Å². The zero-order chi connectivity index (χ0) is 38.1. The van der Waals surface area contributed by atoms with E-state index in [1.807, 2.05) is 40.7 Å². The number of carbonyl (C=O) groups excluding carboxylic acids is 4. The number of aliphatic hydroxyl groups excluding tert-OH is 2. The number of phenolic OH excluding ortho intramolecular Hbond substituents is 2. The van der Waals surface area contributed by atoms with Crippen molar-refractivity contribution in [1.29, 1.82) is 0 Å². The summed E-state index contributed by atoms with van der Waals surface area (Å²) in [4.78, 5) is 49.5. The van der Waals surface area contributed by atoms with Gasteiger partial charge in [-0.05, 0) is 67.4 Å². The van der Waals surface area contributed by atoms with Crippen molar-refractivity contribution in [3.05, 3.63) is 47.6 Å². The van der Waals surface area contributed by atoms with E-state index in [2.05, 4.69) is 5.32 Å². The Morgan fingerprint density at radius 3 is 2.33 bits per heavy atom. The lowest BCUT2D eigenvalue weighted by Crippen LogP contribution is -2.69. The van der Waals surface area contributed by atoms with Crippen LogP contribution in [0.5, 0.6) is 11.5 Å². The lowest BCUT2D eigenvalue weighted by atomic mass is 9.45. The smallest absolute Gasteiger partial charge is 0.306 e. The lowest BCUT2D eigenvalue weighted by Gasteiger charge is -2.64. The van der Waals surface area contributed by atoms with E-state index in [1.54, 1.807) is 26.0 Å². The second-order valence-electron chi connectivity index (χ2n) is 15.2. The van der Waals surface area contributed by atoms with Gasteiger partial charge in [0.15, 0.2) is 29.5 Å². The molecule has 12 heteroatoms. The van der Waals surface area contributed by atoms with Crippen molar-refractivity contribution in [2.75, 3.05) is 13.2 Å². The number of aliphatic hydroxyl groups is 2. The second-order valence-corrected chi connectivity index (χ2v) is 15.9. The van der Waals surface area contributed by atoms with Crippen LogP contribution in [-0.4, -0.2) is 79.7 Å². The summed E-state index contributed by atoms with van der Waals surface area (Å²) in [6.45, 7) is 13.0. The number of phenols is 2. The van der Waals surface area contributed by atoms with E-state index in [0.29, 0.717) is 37.4 Å². The predicted octanol–water partition coefficient (Wildman–Crippen LogP) is 5.22. The topological polar surface area (TPSA) is 180 Å². The molecule has 11 nitrogen and oxygen atoms in total. The number of fused-ring (bicyclic) bond motifs is 5. The first-order valence-electron chi connectivity index (χ1n) is 18.0. The summed E-state index contributed by atoms with van der Waals surface area (Å²) in [5.41, 5.74) is -1.68. The summed E-state index contributed by atoms with van der Waals surface area (Å²) in [5.74, 6) is -2.63. The van der Waals surface area contributed by atoms with E-state index in [-0.39, 0.29) is 54.3 Å². The lowest BCUT2D eigenvalue weighted by molar-refractivity contribution is -0.203. The highest BCUT2D eigenvalue weighted by Gasteiger charge is 2.76. The summed E-state index contributed by atoms with van der Waals surface area (Å²) in [6.07, 6.45) is 5.50. The number of nitrogens with one attached hydrogen (secondary N) is 1.